The van der Waals surface area contributed by atoms with Gasteiger partial charge in [0.15, 0.2) is 0 Å². The van der Waals surface area contributed by atoms with Gasteiger partial charge in [0.25, 0.3) is 5.91 Å². The molecule has 29 heavy (non-hydrogen) atoms. The largest absolute Gasteiger partial charge is 0.351 e. The van der Waals surface area contributed by atoms with Crippen molar-refractivity contribution in [3.05, 3.63) is 59.7 Å². The first-order valence-corrected chi connectivity index (χ1v) is 12.5. The number of hydrogen-bond donors (Lipinski definition) is 1. The van der Waals surface area contributed by atoms with Crippen LogP contribution in [0.25, 0.3) is 0 Å². The summed E-state index contributed by atoms with van der Waals surface area (Å²) in [4.78, 5) is 13.8. The Morgan fingerprint density at radius 1 is 1.03 bits per heavy atom. The minimum Gasteiger partial charge on any atom is -0.351 e. The summed E-state index contributed by atoms with van der Waals surface area (Å²) >= 11 is 1.68. The number of rotatable bonds is 7. The Hall–Kier alpha value is -1.83. The number of carbonyl (C=O) groups is 1. The maximum absolute atomic E-state index is 12.9. The summed E-state index contributed by atoms with van der Waals surface area (Å²) in [5.74, 6) is 0.503. The summed E-state index contributed by atoms with van der Waals surface area (Å²) < 4.78 is 27.4. The van der Waals surface area contributed by atoms with Crippen LogP contribution in [0.1, 0.15) is 41.6 Å². The van der Waals surface area contributed by atoms with Gasteiger partial charge in [0.1, 0.15) is 0 Å². The molecule has 0 aromatic heterocycles. The quantitative estimate of drug-likeness (QED) is 0.529. The molecule has 0 radical (unpaired) electrons. The molecular formula is C22H28N2O3S2. The van der Waals surface area contributed by atoms with Crippen molar-refractivity contribution in [2.75, 3.05) is 25.4 Å². The molecule has 2 aromatic carbocycles. The lowest BCUT2D eigenvalue weighted by atomic mass is 10.2. The number of benzene rings is 2. The van der Waals surface area contributed by atoms with Gasteiger partial charge in [0, 0.05) is 35.8 Å². The molecule has 0 spiro atoms. The van der Waals surface area contributed by atoms with E-state index in [1.165, 1.54) is 11.6 Å². The molecule has 1 heterocycles. The van der Waals surface area contributed by atoms with Gasteiger partial charge in [-0.05, 0) is 50.1 Å². The molecule has 3 rings (SSSR count). The summed E-state index contributed by atoms with van der Waals surface area (Å²) in [5, 5.41) is 2.88. The highest BCUT2D eigenvalue weighted by Gasteiger charge is 2.25. The molecule has 1 fully saturated rings. The van der Waals surface area contributed by atoms with Crippen molar-refractivity contribution in [2.24, 2.45) is 0 Å². The Bertz CT molecular complexity index is 919. The lowest BCUT2D eigenvalue weighted by molar-refractivity contribution is 0.0956. The highest BCUT2D eigenvalue weighted by molar-refractivity contribution is 7.99. The van der Waals surface area contributed by atoms with Gasteiger partial charge in [-0.25, -0.2) is 8.42 Å². The van der Waals surface area contributed by atoms with E-state index in [-0.39, 0.29) is 10.8 Å². The van der Waals surface area contributed by atoms with Crippen molar-refractivity contribution >= 4 is 27.7 Å². The van der Waals surface area contributed by atoms with Gasteiger partial charge in [0.05, 0.1) is 4.90 Å². The van der Waals surface area contributed by atoms with Crippen molar-refractivity contribution < 1.29 is 13.2 Å². The van der Waals surface area contributed by atoms with Gasteiger partial charge in [-0.3, -0.25) is 4.79 Å². The lowest BCUT2D eigenvalue weighted by Crippen LogP contribution is -2.32. The van der Waals surface area contributed by atoms with Crippen LogP contribution in [0.15, 0.2) is 58.3 Å². The topological polar surface area (TPSA) is 66.5 Å². The van der Waals surface area contributed by atoms with Crippen LogP contribution >= 0.6 is 11.8 Å². The van der Waals surface area contributed by atoms with Crippen LogP contribution in [0.4, 0.5) is 0 Å². The first-order chi connectivity index (χ1) is 14.0. The van der Waals surface area contributed by atoms with Gasteiger partial charge in [-0.1, -0.05) is 36.6 Å². The Morgan fingerprint density at radius 3 is 2.41 bits per heavy atom. The van der Waals surface area contributed by atoms with E-state index < -0.39 is 10.0 Å². The van der Waals surface area contributed by atoms with Crippen molar-refractivity contribution in [3.63, 3.8) is 0 Å². The first kappa shape index (κ1) is 21.9. The Balaban J connectivity index is 1.57. The Morgan fingerprint density at radius 2 is 1.72 bits per heavy atom. The van der Waals surface area contributed by atoms with Crippen molar-refractivity contribution in [1.82, 2.24) is 9.62 Å². The third-order valence-corrected chi connectivity index (χ3v) is 7.88. The van der Waals surface area contributed by atoms with Gasteiger partial charge < -0.3 is 5.32 Å². The molecule has 0 unspecified atom stereocenters. The molecule has 0 aliphatic carbocycles. The zero-order chi connectivity index (χ0) is 20.7. The maximum Gasteiger partial charge on any atom is 0.251 e. The molecule has 156 valence electrons. The summed E-state index contributed by atoms with van der Waals surface area (Å²) in [6.07, 6.45) is 3.90. The van der Waals surface area contributed by atoms with Crippen LogP contribution in [0.5, 0.6) is 0 Å². The second kappa shape index (κ2) is 10.3. The molecule has 7 heteroatoms. The number of sulfonamides is 1. The van der Waals surface area contributed by atoms with E-state index in [1.807, 2.05) is 0 Å². The van der Waals surface area contributed by atoms with E-state index in [9.17, 15) is 13.2 Å². The molecule has 1 N–H and O–H groups in total. The summed E-state index contributed by atoms with van der Waals surface area (Å²) in [6, 6.07) is 14.6. The number of carbonyl (C=O) groups excluding carboxylic acids is 1. The van der Waals surface area contributed by atoms with Crippen molar-refractivity contribution in [1.29, 1.82) is 0 Å². The number of hydrogen-bond acceptors (Lipinski definition) is 4. The Labute approximate surface area is 177 Å². The molecule has 0 saturated carbocycles. The normalized spacial score (nSPS) is 15.6. The molecule has 1 aliphatic heterocycles. The highest BCUT2D eigenvalue weighted by Crippen LogP contribution is 2.21. The van der Waals surface area contributed by atoms with E-state index in [2.05, 4.69) is 36.5 Å². The van der Waals surface area contributed by atoms with Crippen molar-refractivity contribution in [3.8, 4) is 0 Å². The standard InChI is InChI=1S/C22H28N2O3S2/c1-18-9-11-20(12-10-18)28-16-13-23-22(25)19-7-6-8-21(17-19)29(26,27)24-14-4-2-3-5-15-24/h6-12,17H,2-5,13-16H2,1H3,(H,23,25). The van der Waals surface area contributed by atoms with Crippen LogP contribution in [0.2, 0.25) is 0 Å². The SMILES string of the molecule is Cc1ccc(SCCNC(=O)c2cccc(S(=O)(=O)N3CCCCCC3)c2)cc1. The summed E-state index contributed by atoms with van der Waals surface area (Å²) in [6.45, 7) is 3.67. The molecule has 0 atom stereocenters. The van der Waals surface area contributed by atoms with Gasteiger partial charge >= 0.3 is 0 Å². The van der Waals surface area contributed by atoms with Gasteiger partial charge in [0.2, 0.25) is 10.0 Å². The molecule has 0 bridgehead atoms. The number of aryl methyl sites for hydroxylation is 1. The minimum atomic E-state index is -3.56. The third kappa shape index (κ3) is 6.07. The average molecular weight is 433 g/mol. The van der Waals surface area contributed by atoms with E-state index in [0.717, 1.165) is 36.3 Å². The van der Waals surface area contributed by atoms with Gasteiger partial charge in [-0.15, -0.1) is 11.8 Å². The molecular weight excluding hydrogens is 404 g/mol. The molecule has 1 amide bonds. The smallest absolute Gasteiger partial charge is 0.251 e. The number of thioether (sulfide) groups is 1. The number of nitrogens with one attached hydrogen (secondary N) is 1. The molecule has 5 nitrogen and oxygen atoms in total. The zero-order valence-electron chi connectivity index (χ0n) is 16.8. The average Bonchev–Trinajstić information content (AvgIpc) is 3.02. The van der Waals surface area contributed by atoms with Crippen LogP contribution in [0, 0.1) is 6.92 Å². The predicted molar refractivity (Wildman–Crippen MR) is 118 cm³/mol. The Kier molecular flexibility index (Phi) is 7.75. The number of nitrogens with zero attached hydrogens (tertiary/aromatic N) is 1. The van der Waals surface area contributed by atoms with E-state index in [4.69, 9.17) is 0 Å². The lowest BCUT2D eigenvalue weighted by Gasteiger charge is -2.20. The van der Waals surface area contributed by atoms with E-state index in [1.54, 1.807) is 34.3 Å². The molecule has 2 aromatic rings. The number of amides is 1. The zero-order valence-corrected chi connectivity index (χ0v) is 18.4. The van der Waals surface area contributed by atoms with Gasteiger partial charge in [-0.2, -0.15) is 4.31 Å². The minimum absolute atomic E-state index is 0.195. The summed E-state index contributed by atoms with van der Waals surface area (Å²) in [5.41, 5.74) is 1.60. The second-order valence-corrected chi connectivity index (χ2v) is 10.4. The fourth-order valence-electron chi connectivity index (χ4n) is 3.30. The van der Waals surface area contributed by atoms with Crippen LogP contribution in [0.3, 0.4) is 0 Å². The highest BCUT2D eigenvalue weighted by atomic mass is 32.2. The van der Waals surface area contributed by atoms with E-state index >= 15 is 0 Å². The summed E-state index contributed by atoms with van der Waals surface area (Å²) in [7, 11) is -3.56. The van der Waals surface area contributed by atoms with Crippen LogP contribution < -0.4 is 5.32 Å². The molecule has 1 saturated heterocycles. The van der Waals surface area contributed by atoms with Crippen molar-refractivity contribution in [2.45, 2.75) is 42.4 Å². The monoisotopic (exact) mass is 432 g/mol. The van der Waals surface area contributed by atoms with Crippen LogP contribution in [-0.2, 0) is 10.0 Å². The van der Waals surface area contributed by atoms with Crippen LogP contribution in [-0.4, -0.2) is 44.0 Å². The van der Waals surface area contributed by atoms with E-state index in [0.29, 0.717) is 25.2 Å². The molecule has 1 aliphatic rings. The fourth-order valence-corrected chi connectivity index (χ4v) is 5.63. The predicted octanol–water partition coefficient (Wildman–Crippen LogP) is 4.08. The maximum atomic E-state index is 12.9. The second-order valence-electron chi connectivity index (χ2n) is 7.26. The fraction of sp³-hybridized carbons (Fsp3) is 0.409. The third-order valence-electron chi connectivity index (χ3n) is 4.98. The first-order valence-electron chi connectivity index (χ1n) is 10.0.